The summed E-state index contributed by atoms with van der Waals surface area (Å²) in [5.41, 5.74) is 1.13. The van der Waals surface area contributed by atoms with Crippen molar-refractivity contribution in [3.63, 3.8) is 0 Å². The lowest BCUT2D eigenvalue weighted by Crippen LogP contribution is -2.37. The van der Waals surface area contributed by atoms with Gasteiger partial charge in [0.15, 0.2) is 0 Å². The predicted molar refractivity (Wildman–Crippen MR) is 94.1 cm³/mol. The van der Waals surface area contributed by atoms with E-state index in [1.54, 1.807) is 7.11 Å². The zero-order valence-electron chi connectivity index (χ0n) is 14.8. The van der Waals surface area contributed by atoms with Crippen LogP contribution in [0.25, 0.3) is 0 Å². The fraction of sp³-hybridized carbons (Fsp3) is 0.600. The quantitative estimate of drug-likeness (QED) is 0.826. The van der Waals surface area contributed by atoms with Crippen molar-refractivity contribution in [2.24, 2.45) is 11.8 Å². The number of amides is 2. The number of hydrogen-bond acceptors (Lipinski definition) is 3. The first-order valence-corrected chi connectivity index (χ1v) is 9.38. The molecule has 2 aliphatic heterocycles. The molecule has 1 aromatic rings. The van der Waals surface area contributed by atoms with Crippen molar-refractivity contribution in [2.75, 3.05) is 26.7 Å². The molecule has 2 atom stereocenters. The van der Waals surface area contributed by atoms with E-state index in [-0.39, 0.29) is 23.8 Å². The molecular weight excluding hydrogens is 316 g/mol. The predicted octanol–water partition coefficient (Wildman–Crippen LogP) is 2.62. The molecule has 0 unspecified atom stereocenters. The third kappa shape index (κ3) is 3.37. The number of benzene rings is 1. The Balaban J connectivity index is 1.46. The molecule has 0 bridgehead atoms. The third-order valence-electron chi connectivity index (χ3n) is 5.75. The molecule has 0 radical (unpaired) electrons. The topological polar surface area (TPSA) is 49.9 Å². The molecule has 4 rings (SSSR count). The highest BCUT2D eigenvalue weighted by atomic mass is 16.5. The first kappa shape index (κ1) is 16.4. The van der Waals surface area contributed by atoms with Crippen LogP contribution in [-0.4, -0.2) is 48.4 Å². The van der Waals surface area contributed by atoms with E-state index in [2.05, 4.69) is 6.07 Å². The first-order valence-electron chi connectivity index (χ1n) is 9.38. The van der Waals surface area contributed by atoms with E-state index in [0.29, 0.717) is 18.9 Å². The molecule has 0 aromatic heterocycles. The monoisotopic (exact) mass is 342 g/mol. The average Bonchev–Trinajstić information content (AvgIpc) is 3.17. The van der Waals surface area contributed by atoms with Gasteiger partial charge in [-0.3, -0.25) is 9.59 Å². The van der Waals surface area contributed by atoms with Crippen LogP contribution in [0.5, 0.6) is 5.75 Å². The highest BCUT2D eigenvalue weighted by Gasteiger charge is 2.41. The molecule has 1 aromatic carbocycles. The molecule has 5 nitrogen and oxygen atoms in total. The summed E-state index contributed by atoms with van der Waals surface area (Å²) in [6.07, 6.45) is 4.83. The fourth-order valence-electron chi connectivity index (χ4n) is 4.19. The van der Waals surface area contributed by atoms with Crippen LogP contribution in [0.1, 0.15) is 43.7 Å². The number of rotatable bonds is 5. The van der Waals surface area contributed by atoms with E-state index in [1.807, 2.05) is 28.0 Å². The summed E-state index contributed by atoms with van der Waals surface area (Å²) in [5.74, 6) is 1.63. The molecule has 2 heterocycles. The summed E-state index contributed by atoms with van der Waals surface area (Å²) < 4.78 is 5.33. The van der Waals surface area contributed by atoms with Gasteiger partial charge in [-0.1, -0.05) is 12.1 Å². The van der Waals surface area contributed by atoms with Crippen LogP contribution < -0.4 is 4.74 Å². The number of methoxy groups -OCH3 is 1. The molecule has 1 saturated carbocycles. The fourth-order valence-corrected chi connectivity index (χ4v) is 4.19. The van der Waals surface area contributed by atoms with Gasteiger partial charge < -0.3 is 14.5 Å². The highest BCUT2D eigenvalue weighted by molar-refractivity contribution is 5.89. The molecule has 2 amide bonds. The Labute approximate surface area is 148 Å². The summed E-state index contributed by atoms with van der Waals surface area (Å²) >= 11 is 0. The van der Waals surface area contributed by atoms with Gasteiger partial charge in [0.25, 0.3) is 0 Å². The minimum absolute atomic E-state index is 0.107. The minimum Gasteiger partial charge on any atom is -0.497 e. The second-order valence-corrected chi connectivity index (χ2v) is 7.61. The molecule has 1 aliphatic carbocycles. The van der Waals surface area contributed by atoms with Crippen molar-refractivity contribution in [3.05, 3.63) is 29.8 Å². The number of nitrogens with zero attached hydrogens (tertiary/aromatic N) is 2. The van der Waals surface area contributed by atoms with Gasteiger partial charge in [0.05, 0.1) is 19.1 Å². The van der Waals surface area contributed by atoms with Crippen LogP contribution in [0, 0.1) is 11.8 Å². The van der Waals surface area contributed by atoms with E-state index in [0.717, 1.165) is 37.2 Å². The SMILES string of the molecule is COc1cccc([C@@H]2CCCN2C(=O)[C@@H]2CC(=O)N(CC3CC3)C2)c1. The number of carbonyl (C=O) groups excluding carboxylic acids is 2. The maximum Gasteiger partial charge on any atom is 0.228 e. The second-order valence-electron chi connectivity index (χ2n) is 7.61. The number of likely N-dealkylation sites (tertiary alicyclic amines) is 2. The molecule has 134 valence electrons. The maximum atomic E-state index is 13.1. The smallest absolute Gasteiger partial charge is 0.228 e. The van der Waals surface area contributed by atoms with Crippen molar-refractivity contribution < 1.29 is 14.3 Å². The summed E-state index contributed by atoms with van der Waals surface area (Å²) in [4.78, 5) is 29.2. The Morgan fingerprint density at radius 2 is 2.12 bits per heavy atom. The van der Waals surface area contributed by atoms with E-state index in [1.165, 1.54) is 12.8 Å². The van der Waals surface area contributed by atoms with Gasteiger partial charge in [-0.25, -0.2) is 0 Å². The summed E-state index contributed by atoms with van der Waals surface area (Å²) in [5, 5.41) is 0. The van der Waals surface area contributed by atoms with Gasteiger partial charge in [0, 0.05) is 26.1 Å². The van der Waals surface area contributed by atoms with Crippen LogP contribution in [-0.2, 0) is 9.59 Å². The summed E-state index contributed by atoms with van der Waals surface area (Å²) in [7, 11) is 1.66. The standard InChI is InChI=1S/C20H26N2O3/c1-25-17-5-2-4-15(10-17)18-6-3-9-22(18)20(24)16-11-19(23)21(13-16)12-14-7-8-14/h2,4-5,10,14,16,18H,3,6-9,11-13H2,1H3/t16-,18+/m1/s1. The van der Waals surface area contributed by atoms with Crippen LogP contribution >= 0.6 is 0 Å². The number of hydrogen-bond donors (Lipinski definition) is 0. The Bertz CT molecular complexity index is 671. The second kappa shape index (κ2) is 6.70. The van der Waals surface area contributed by atoms with Gasteiger partial charge in [-0.05, 0) is 49.3 Å². The Hall–Kier alpha value is -2.04. The van der Waals surface area contributed by atoms with Crippen molar-refractivity contribution in [1.29, 1.82) is 0 Å². The zero-order valence-corrected chi connectivity index (χ0v) is 14.8. The van der Waals surface area contributed by atoms with Crippen molar-refractivity contribution in [3.8, 4) is 5.75 Å². The minimum atomic E-state index is -0.169. The van der Waals surface area contributed by atoms with Crippen LogP contribution in [0.2, 0.25) is 0 Å². The van der Waals surface area contributed by atoms with Crippen molar-refractivity contribution in [1.82, 2.24) is 9.80 Å². The maximum absolute atomic E-state index is 13.1. The van der Waals surface area contributed by atoms with Gasteiger partial charge in [0.2, 0.25) is 11.8 Å². The van der Waals surface area contributed by atoms with Crippen LogP contribution in [0.4, 0.5) is 0 Å². The van der Waals surface area contributed by atoms with Crippen molar-refractivity contribution in [2.45, 2.75) is 38.1 Å². The van der Waals surface area contributed by atoms with Gasteiger partial charge in [0.1, 0.15) is 5.75 Å². The molecule has 3 aliphatic rings. The first-order chi connectivity index (χ1) is 12.2. The summed E-state index contributed by atoms with van der Waals surface area (Å²) in [6.45, 7) is 2.24. The zero-order chi connectivity index (χ0) is 17.4. The van der Waals surface area contributed by atoms with Gasteiger partial charge in [-0.15, -0.1) is 0 Å². The summed E-state index contributed by atoms with van der Waals surface area (Å²) in [6, 6.07) is 8.10. The molecule has 0 N–H and O–H groups in total. The van der Waals surface area contributed by atoms with Crippen molar-refractivity contribution >= 4 is 11.8 Å². The molecule has 3 fully saturated rings. The molecule has 0 spiro atoms. The lowest BCUT2D eigenvalue weighted by Gasteiger charge is -2.28. The number of ether oxygens (including phenoxy) is 1. The van der Waals surface area contributed by atoms with E-state index >= 15 is 0 Å². The van der Waals surface area contributed by atoms with E-state index in [9.17, 15) is 9.59 Å². The molecule has 2 saturated heterocycles. The largest absolute Gasteiger partial charge is 0.497 e. The Morgan fingerprint density at radius 1 is 1.28 bits per heavy atom. The molecular formula is C20H26N2O3. The lowest BCUT2D eigenvalue weighted by molar-refractivity contribution is -0.136. The Morgan fingerprint density at radius 3 is 2.88 bits per heavy atom. The Kier molecular flexibility index (Phi) is 4.40. The van der Waals surface area contributed by atoms with Gasteiger partial charge in [-0.2, -0.15) is 0 Å². The molecule has 5 heteroatoms. The van der Waals surface area contributed by atoms with E-state index in [4.69, 9.17) is 4.74 Å². The average molecular weight is 342 g/mol. The molecule has 25 heavy (non-hydrogen) atoms. The third-order valence-corrected chi connectivity index (χ3v) is 5.75. The van der Waals surface area contributed by atoms with Crippen LogP contribution in [0.15, 0.2) is 24.3 Å². The number of carbonyl (C=O) groups is 2. The lowest BCUT2D eigenvalue weighted by atomic mass is 10.0. The van der Waals surface area contributed by atoms with E-state index < -0.39 is 0 Å². The van der Waals surface area contributed by atoms with Crippen LogP contribution in [0.3, 0.4) is 0 Å². The normalized spacial score (nSPS) is 26.4. The highest BCUT2D eigenvalue weighted by Crippen LogP contribution is 2.37. The van der Waals surface area contributed by atoms with Gasteiger partial charge >= 0.3 is 0 Å².